The van der Waals surface area contributed by atoms with E-state index in [-0.39, 0.29) is 0 Å². The van der Waals surface area contributed by atoms with Gasteiger partial charge in [-0.1, -0.05) is 30.3 Å². The van der Waals surface area contributed by atoms with E-state index in [4.69, 9.17) is 10.7 Å². The topological polar surface area (TPSA) is 105 Å². The Labute approximate surface area is 141 Å². The van der Waals surface area contributed by atoms with Crippen LogP contribution in [0.2, 0.25) is 0 Å². The molecule has 3 aromatic heterocycles. The Morgan fingerprint density at radius 2 is 1.80 bits per heavy atom. The summed E-state index contributed by atoms with van der Waals surface area (Å²) < 4.78 is 0. The minimum absolute atomic E-state index is 0.470. The van der Waals surface area contributed by atoms with Crippen LogP contribution in [0, 0.1) is 0 Å². The minimum atomic E-state index is 0.470. The summed E-state index contributed by atoms with van der Waals surface area (Å²) in [5.74, 6) is 0.470. The number of H-pyrrole nitrogens is 1. The number of para-hydroxylation sites is 2. The molecule has 0 fully saturated rings. The van der Waals surface area contributed by atoms with Crippen LogP contribution < -0.4 is 11.1 Å². The molecule has 0 atom stereocenters. The summed E-state index contributed by atoms with van der Waals surface area (Å²) >= 11 is 0. The van der Waals surface area contributed by atoms with Crippen LogP contribution >= 0.6 is 0 Å². The molecule has 7 nitrogen and oxygen atoms in total. The van der Waals surface area contributed by atoms with E-state index >= 15 is 0 Å². The maximum absolute atomic E-state index is 6.37. The number of hydrogen-bond donors (Lipinski definition) is 3. The highest BCUT2D eigenvalue weighted by atomic mass is 15.2. The molecule has 0 aliphatic heterocycles. The Bertz CT molecular complexity index is 1240. The van der Waals surface area contributed by atoms with Gasteiger partial charge in [-0.2, -0.15) is 10.1 Å². The number of benzene rings is 2. The second-order valence-electron chi connectivity index (χ2n) is 5.74. The average Bonchev–Trinajstić information content (AvgIpc) is 3.11. The zero-order valence-electron chi connectivity index (χ0n) is 13.1. The standard InChI is InChI=1S/C18H13N7/c19-15-11-4-1-2-6-13(11)22-16-12(15)5-3-7-14(16)23-18-20-8-10-9-21-25-17(10)24-18/h1-9H,(H2,19,22)(H2,20,21,23,24,25). The van der Waals surface area contributed by atoms with E-state index in [0.717, 1.165) is 32.9 Å². The van der Waals surface area contributed by atoms with E-state index < -0.39 is 0 Å². The van der Waals surface area contributed by atoms with Crippen molar-refractivity contribution in [2.75, 3.05) is 11.1 Å². The maximum Gasteiger partial charge on any atom is 0.229 e. The van der Waals surface area contributed by atoms with Crippen LogP contribution in [0.15, 0.2) is 54.9 Å². The summed E-state index contributed by atoms with van der Waals surface area (Å²) in [7, 11) is 0. The van der Waals surface area contributed by atoms with Crippen LogP contribution in [-0.4, -0.2) is 25.1 Å². The van der Waals surface area contributed by atoms with Crippen molar-refractivity contribution in [3.63, 3.8) is 0 Å². The number of nitrogens with one attached hydrogen (secondary N) is 2. The van der Waals surface area contributed by atoms with Crippen molar-refractivity contribution in [2.45, 2.75) is 0 Å². The molecule has 7 heteroatoms. The van der Waals surface area contributed by atoms with Crippen LogP contribution in [0.25, 0.3) is 32.8 Å². The molecule has 3 heterocycles. The molecular formula is C18H13N7. The number of nitrogen functional groups attached to an aromatic ring is 1. The lowest BCUT2D eigenvalue weighted by molar-refractivity contribution is 1.09. The first kappa shape index (κ1) is 13.7. The van der Waals surface area contributed by atoms with Crippen LogP contribution in [-0.2, 0) is 0 Å². The van der Waals surface area contributed by atoms with E-state index in [2.05, 4.69) is 25.5 Å². The first-order chi connectivity index (χ1) is 12.3. The molecule has 5 aromatic rings. The van der Waals surface area contributed by atoms with Crippen LogP contribution in [0.5, 0.6) is 0 Å². The first-order valence-corrected chi connectivity index (χ1v) is 7.80. The van der Waals surface area contributed by atoms with E-state index in [9.17, 15) is 0 Å². The van der Waals surface area contributed by atoms with E-state index in [1.165, 1.54) is 0 Å². The van der Waals surface area contributed by atoms with E-state index in [1.54, 1.807) is 12.4 Å². The van der Waals surface area contributed by atoms with Crippen molar-refractivity contribution in [3.8, 4) is 0 Å². The number of anilines is 3. The lowest BCUT2D eigenvalue weighted by Gasteiger charge is -2.11. The number of aromatic nitrogens is 5. The van der Waals surface area contributed by atoms with Gasteiger partial charge in [0.1, 0.15) is 0 Å². The van der Waals surface area contributed by atoms with Gasteiger partial charge in [0.2, 0.25) is 5.95 Å². The SMILES string of the molecule is Nc1c2ccccc2nc2c(Nc3ncc4cn[nH]c4n3)cccc12. The van der Waals surface area contributed by atoms with Crippen LogP contribution in [0.4, 0.5) is 17.3 Å². The molecule has 0 aliphatic rings. The third-order valence-corrected chi connectivity index (χ3v) is 4.19. The fraction of sp³-hybridized carbons (Fsp3) is 0. The molecule has 0 amide bonds. The monoisotopic (exact) mass is 327 g/mol. The van der Waals surface area contributed by atoms with Crippen LogP contribution in [0.1, 0.15) is 0 Å². The molecule has 0 unspecified atom stereocenters. The Balaban J connectivity index is 1.70. The molecule has 0 saturated heterocycles. The van der Waals surface area contributed by atoms with Gasteiger partial charge in [-0.15, -0.1) is 0 Å². The summed E-state index contributed by atoms with van der Waals surface area (Å²) in [6, 6.07) is 13.7. The van der Waals surface area contributed by atoms with Crippen molar-refractivity contribution < 1.29 is 0 Å². The van der Waals surface area contributed by atoms with E-state index in [1.807, 2.05) is 42.5 Å². The third-order valence-electron chi connectivity index (χ3n) is 4.19. The Morgan fingerprint density at radius 1 is 0.920 bits per heavy atom. The number of fused-ring (bicyclic) bond motifs is 3. The summed E-state index contributed by atoms with van der Waals surface area (Å²) in [5, 5.41) is 12.7. The number of pyridine rings is 1. The largest absolute Gasteiger partial charge is 0.398 e. The molecule has 0 aliphatic carbocycles. The number of hydrogen-bond acceptors (Lipinski definition) is 6. The van der Waals surface area contributed by atoms with Gasteiger partial charge < -0.3 is 11.1 Å². The molecule has 4 N–H and O–H groups in total. The highest BCUT2D eigenvalue weighted by molar-refractivity contribution is 6.09. The normalized spacial score (nSPS) is 11.4. The van der Waals surface area contributed by atoms with Crippen molar-refractivity contribution >= 4 is 50.2 Å². The van der Waals surface area contributed by atoms with Gasteiger partial charge >= 0.3 is 0 Å². The summed E-state index contributed by atoms with van der Waals surface area (Å²) in [6.07, 6.45) is 3.40. The zero-order chi connectivity index (χ0) is 16.8. The van der Waals surface area contributed by atoms with Gasteiger partial charge in [0.05, 0.1) is 34.0 Å². The molecular weight excluding hydrogens is 314 g/mol. The fourth-order valence-corrected chi connectivity index (χ4v) is 2.97. The van der Waals surface area contributed by atoms with Gasteiger partial charge in [-0.25, -0.2) is 9.97 Å². The third kappa shape index (κ3) is 2.13. The van der Waals surface area contributed by atoms with E-state index in [0.29, 0.717) is 17.3 Å². The lowest BCUT2D eigenvalue weighted by Crippen LogP contribution is -2.00. The highest BCUT2D eigenvalue weighted by Crippen LogP contribution is 2.32. The zero-order valence-corrected chi connectivity index (χ0v) is 13.1. The molecule has 5 rings (SSSR count). The van der Waals surface area contributed by atoms with Crippen molar-refractivity contribution in [1.82, 2.24) is 25.1 Å². The number of nitrogens with two attached hydrogens (primary N) is 1. The Kier molecular flexibility index (Phi) is 2.81. The minimum Gasteiger partial charge on any atom is -0.398 e. The molecule has 120 valence electrons. The van der Waals surface area contributed by atoms with Gasteiger partial charge in [0.25, 0.3) is 0 Å². The highest BCUT2D eigenvalue weighted by Gasteiger charge is 2.11. The molecule has 0 saturated carbocycles. The van der Waals surface area contributed by atoms with Gasteiger partial charge in [-0.3, -0.25) is 5.10 Å². The predicted molar refractivity (Wildman–Crippen MR) is 98.6 cm³/mol. The second kappa shape index (κ2) is 5.13. The Morgan fingerprint density at radius 3 is 2.76 bits per heavy atom. The van der Waals surface area contributed by atoms with Gasteiger partial charge in [-0.05, 0) is 12.1 Å². The summed E-state index contributed by atoms with van der Waals surface area (Å²) in [4.78, 5) is 13.5. The molecule has 25 heavy (non-hydrogen) atoms. The summed E-state index contributed by atoms with van der Waals surface area (Å²) in [5.41, 5.74) is 10.2. The fourth-order valence-electron chi connectivity index (χ4n) is 2.97. The first-order valence-electron chi connectivity index (χ1n) is 7.80. The number of aromatic amines is 1. The Hall–Kier alpha value is -3.74. The molecule has 0 radical (unpaired) electrons. The predicted octanol–water partition coefficient (Wildman–Crippen LogP) is 3.38. The lowest BCUT2D eigenvalue weighted by atomic mass is 10.1. The van der Waals surface area contributed by atoms with Gasteiger partial charge in [0.15, 0.2) is 5.65 Å². The molecule has 2 aromatic carbocycles. The maximum atomic E-state index is 6.37. The molecule has 0 bridgehead atoms. The second-order valence-corrected chi connectivity index (χ2v) is 5.74. The number of nitrogens with zero attached hydrogens (tertiary/aromatic N) is 4. The molecule has 0 spiro atoms. The quantitative estimate of drug-likeness (QED) is 0.429. The van der Waals surface area contributed by atoms with Gasteiger partial charge in [0, 0.05) is 17.0 Å². The summed E-state index contributed by atoms with van der Waals surface area (Å²) in [6.45, 7) is 0. The van der Waals surface area contributed by atoms with Crippen molar-refractivity contribution in [2.24, 2.45) is 0 Å². The van der Waals surface area contributed by atoms with Crippen molar-refractivity contribution in [3.05, 3.63) is 54.9 Å². The smallest absolute Gasteiger partial charge is 0.229 e. The van der Waals surface area contributed by atoms with Crippen molar-refractivity contribution in [1.29, 1.82) is 0 Å². The average molecular weight is 327 g/mol. The van der Waals surface area contributed by atoms with Crippen LogP contribution in [0.3, 0.4) is 0 Å². The number of rotatable bonds is 2.